The summed E-state index contributed by atoms with van der Waals surface area (Å²) in [7, 11) is -3.61. The maximum Gasteiger partial charge on any atom is 0.264 e. The van der Waals surface area contributed by atoms with E-state index in [9.17, 15) is 18.0 Å². The molecule has 0 bridgehead atoms. The fraction of sp³-hybridized carbons (Fsp3) is 0.400. The lowest BCUT2D eigenvalue weighted by Crippen LogP contribution is -2.29. The second-order valence-electron chi connectivity index (χ2n) is 11.0. The van der Waals surface area contributed by atoms with Gasteiger partial charge in [-0.05, 0) is 37.0 Å². The van der Waals surface area contributed by atoms with Crippen LogP contribution >= 0.6 is 0 Å². The average molecular weight is 585 g/mol. The van der Waals surface area contributed by atoms with Gasteiger partial charge in [-0.2, -0.15) is 8.42 Å². The van der Waals surface area contributed by atoms with Crippen LogP contribution in [-0.2, 0) is 19.1 Å². The number of aromatic nitrogens is 2. The summed E-state index contributed by atoms with van der Waals surface area (Å²) in [6.07, 6.45) is 9.42. The molecule has 1 aliphatic carbocycles. The van der Waals surface area contributed by atoms with Crippen molar-refractivity contribution < 1.29 is 26.6 Å². The largest absolute Gasteiger partial charge is 0.348 e. The molecule has 1 aromatic heterocycles. The molecule has 0 aliphatic heterocycles. The summed E-state index contributed by atoms with van der Waals surface area (Å²) in [5.41, 5.74) is 0.950. The number of amides is 2. The van der Waals surface area contributed by atoms with E-state index in [1.54, 1.807) is 51.3 Å². The Morgan fingerprint density at radius 1 is 1.22 bits per heavy atom. The number of hydrogen-bond donors (Lipinski definition) is 2. The molecule has 1 fully saturated rings. The number of nitrogens with one attached hydrogen (secondary N) is 2. The minimum Gasteiger partial charge on any atom is -0.348 e. The van der Waals surface area contributed by atoms with E-state index in [1.165, 1.54) is 12.1 Å². The van der Waals surface area contributed by atoms with E-state index in [0.717, 1.165) is 19.1 Å². The summed E-state index contributed by atoms with van der Waals surface area (Å²) < 4.78 is 43.8. The second kappa shape index (κ2) is 13.3. The number of halogens is 1. The Balaban J connectivity index is 1.96. The van der Waals surface area contributed by atoms with Crippen LogP contribution in [-0.4, -0.2) is 49.1 Å². The van der Waals surface area contributed by atoms with Crippen molar-refractivity contribution in [2.24, 2.45) is 5.41 Å². The third-order valence-electron chi connectivity index (χ3n) is 6.59. The molecule has 220 valence electrons. The van der Waals surface area contributed by atoms with Crippen molar-refractivity contribution in [1.82, 2.24) is 15.3 Å². The second-order valence-corrected chi connectivity index (χ2v) is 12.6. The summed E-state index contributed by atoms with van der Waals surface area (Å²) in [6.45, 7) is 12.7. The Labute approximate surface area is 241 Å². The molecular formula is C30H37FN4O5S. The molecule has 0 saturated heterocycles. The Hall–Kier alpha value is -3.70. The third kappa shape index (κ3) is 8.89. The monoisotopic (exact) mass is 584 g/mol. The van der Waals surface area contributed by atoms with Gasteiger partial charge < -0.3 is 10.6 Å². The zero-order valence-electron chi connectivity index (χ0n) is 23.9. The SMILES string of the molecule is C=C/C=C(\C=C)CNC(=O)c1ccc(-c2nc(C3CCCC(OS(C)(=O)=O)C3)cnc2NC(=O)C(C)(C)C)cc1F. The molecule has 1 aliphatic rings. The quantitative estimate of drug-likeness (QED) is 0.287. The highest BCUT2D eigenvalue weighted by molar-refractivity contribution is 7.86. The minimum atomic E-state index is -3.61. The van der Waals surface area contributed by atoms with E-state index < -0.39 is 33.4 Å². The number of allylic oxidation sites excluding steroid dienone is 2. The van der Waals surface area contributed by atoms with E-state index in [4.69, 9.17) is 9.17 Å². The van der Waals surface area contributed by atoms with Gasteiger partial charge >= 0.3 is 0 Å². The van der Waals surface area contributed by atoms with Crippen molar-refractivity contribution >= 4 is 27.8 Å². The van der Waals surface area contributed by atoms with E-state index in [0.29, 0.717) is 29.7 Å². The predicted octanol–water partition coefficient (Wildman–Crippen LogP) is 5.30. The number of nitrogens with zero attached hydrogens (tertiary/aromatic N) is 2. The van der Waals surface area contributed by atoms with Crippen LogP contribution in [0.2, 0.25) is 0 Å². The van der Waals surface area contributed by atoms with Gasteiger partial charge in [-0.1, -0.05) is 64.6 Å². The zero-order chi connectivity index (χ0) is 30.4. The molecule has 2 aromatic rings. The summed E-state index contributed by atoms with van der Waals surface area (Å²) in [5, 5.41) is 5.44. The van der Waals surface area contributed by atoms with Crippen LogP contribution in [0.15, 0.2) is 61.4 Å². The molecule has 41 heavy (non-hydrogen) atoms. The Morgan fingerprint density at radius 2 is 1.95 bits per heavy atom. The summed E-state index contributed by atoms with van der Waals surface area (Å²) in [4.78, 5) is 34.7. The molecule has 0 radical (unpaired) electrons. The third-order valence-corrected chi connectivity index (χ3v) is 7.22. The number of carbonyl (C=O) groups is 2. The van der Waals surface area contributed by atoms with Crippen LogP contribution in [0, 0.1) is 11.2 Å². The van der Waals surface area contributed by atoms with Crippen LogP contribution in [0.25, 0.3) is 11.3 Å². The lowest BCUT2D eigenvalue weighted by atomic mass is 9.85. The fourth-order valence-corrected chi connectivity index (χ4v) is 5.08. The predicted molar refractivity (Wildman–Crippen MR) is 157 cm³/mol. The molecule has 0 spiro atoms. The number of anilines is 1. The smallest absolute Gasteiger partial charge is 0.264 e. The van der Waals surface area contributed by atoms with Gasteiger partial charge in [0.2, 0.25) is 5.91 Å². The lowest BCUT2D eigenvalue weighted by Gasteiger charge is -2.28. The van der Waals surface area contributed by atoms with Crippen LogP contribution in [0.4, 0.5) is 10.2 Å². The summed E-state index contributed by atoms with van der Waals surface area (Å²) >= 11 is 0. The molecule has 3 rings (SSSR count). The van der Waals surface area contributed by atoms with Gasteiger partial charge in [-0.15, -0.1) is 0 Å². The standard InChI is InChI=1S/C30H37FN4O5S/c1-7-10-19(8-2)17-33-28(36)23-14-13-21(16-24(23)31)26-27(35-29(37)30(3,4)5)32-18-25(34-26)20-11-9-12-22(15-20)40-41(6,38)39/h7-8,10,13-14,16,18,20,22H,1-2,9,11-12,15,17H2,3-6H3,(H,33,36)(H,32,35,37)/b19-10+. The molecule has 2 atom stereocenters. The highest BCUT2D eigenvalue weighted by Crippen LogP contribution is 2.36. The Morgan fingerprint density at radius 3 is 2.56 bits per heavy atom. The van der Waals surface area contributed by atoms with Gasteiger partial charge in [0.25, 0.3) is 16.0 Å². The molecule has 2 N–H and O–H groups in total. The fourth-order valence-electron chi connectivity index (χ4n) is 4.41. The van der Waals surface area contributed by atoms with Crippen molar-refractivity contribution in [2.75, 3.05) is 18.1 Å². The van der Waals surface area contributed by atoms with Crippen LogP contribution in [0.1, 0.15) is 68.4 Å². The molecular weight excluding hydrogens is 547 g/mol. The van der Waals surface area contributed by atoms with E-state index >= 15 is 4.39 Å². The first-order valence-electron chi connectivity index (χ1n) is 13.3. The molecule has 2 amide bonds. The first kappa shape index (κ1) is 31.8. The normalized spacial score (nSPS) is 17.9. The molecule has 9 nitrogen and oxygen atoms in total. The number of hydrogen-bond acceptors (Lipinski definition) is 7. The van der Waals surface area contributed by atoms with Gasteiger partial charge in [-0.25, -0.2) is 14.4 Å². The minimum absolute atomic E-state index is 0.147. The average Bonchev–Trinajstić information content (AvgIpc) is 2.89. The zero-order valence-corrected chi connectivity index (χ0v) is 24.7. The molecule has 1 aromatic carbocycles. The summed E-state index contributed by atoms with van der Waals surface area (Å²) in [6, 6.07) is 4.08. The van der Waals surface area contributed by atoms with Gasteiger partial charge in [-0.3, -0.25) is 13.8 Å². The van der Waals surface area contributed by atoms with E-state index in [1.807, 2.05) is 0 Å². The van der Waals surface area contributed by atoms with Crippen molar-refractivity contribution in [1.29, 1.82) is 0 Å². The Kier molecular flexibility index (Phi) is 10.3. The van der Waals surface area contributed by atoms with Gasteiger partial charge in [0, 0.05) is 23.4 Å². The van der Waals surface area contributed by atoms with Gasteiger partial charge in [0.05, 0.1) is 29.8 Å². The Bertz CT molecular complexity index is 1460. The first-order chi connectivity index (χ1) is 19.2. The number of carbonyl (C=O) groups excluding carboxylic acids is 2. The molecule has 2 unspecified atom stereocenters. The molecule has 1 saturated carbocycles. The van der Waals surface area contributed by atoms with Crippen molar-refractivity contribution in [3.8, 4) is 11.3 Å². The van der Waals surface area contributed by atoms with Crippen molar-refractivity contribution in [3.05, 3.63) is 78.4 Å². The maximum absolute atomic E-state index is 15.3. The lowest BCUT2D eigenvalue weighted by molar-refractivity contribution is -0.123. The van der Waals surface area contributed by atoms with Crippen molar-refractivity contribution in [2.45, 2.75) is 58.5 Å². The van der Waals surface area contributed by atoms with Gasteiger partial charge in [0.1, 0.15) is 11.5 Å². The van der Waals surface area contributed by atoms with Crippen LogP contribution in [0.3, 0.4) is 0 Å². The number of rotatable bonds is 10. The molecule has 1 heterocycles. The van der Waals surface area contributed by atoms with Crippen molar-refractivity contribution in [3.63, 3.8) is 0 Å². The van der Waals surface area contributed by atoms with E-state index in [2.05, 4.69) is 28.8 Å². The van der Waals surface area contributed by atoms with Crippen LogP contribution < -0.4 is 10.6 Å². The first-order valence-corrected chi connectivity index (χ1v) is 15.1. The highest BCUT2D eigenvalue weighted by atomic mass is 32.2. The summed E-state index contributed by atoms with van der Waals surface area (Å²) in [5.74, 6) is -1.68. The topological polar surface area (TPSA) is 127 Å². The van der Waals surface area contributed by atoms with Gasteiger partial charge in [0.15, 0.2) is 5.82 Å². The van der Waals surface area contributed by atoms with E-state index in [-0.39, 0.29) is 35.4 Å². The highest BCUT2D eigenvalue weighted by Gasteiger charge is 2.29. The molecule has 11 heteroatoms. The maximum atomic E-state index is 15.3. The number of benzene rings is 1. The van der Waals surface area contributed by atoms with Crippen LogP contribution in [0.5, 0.6) is 0 Å².